The van der Waals surface area contributed by atoms with Crippen molar-refractivity contribution in [2.75, 3.05) is 11.9 Å². The lowest BCUT2D eigenvalue weighted by Crippen LogP contribution is -2.29. The predicted octanol–water partition coefficient (Wildman–Crippen LogP) is 3.12. The van der Waals surface area contributed by atoms with Crippen LogP contribution in [0, 0.1) is 18.8 Å². The quantitative estimate of drug-likeness (QED) is 0.895. The molecule has 1 aliphatic rings. The van der Waals surface area contributed by atoms with Gasteiger partial charge in [0.15, 0.2) is 0 Å². The van der Waals surface area contributed by atoms with Crippen molar-refractivity contribution in [3.8, 4) is 0 Å². The number of carbonyl (C=O) groups is 1. The summed E-state index contributed by atoms with van der Waals surface area (Å²) >= 11 is 0. The molecule has 106 valence electrons. The fourth-order valence-corrected chi connectivity index (χ4v) is 2.63. The topological polar surface area (TPSA) is 55.1 Å². The Kier molecular flexibility index (Phi) is 6.32. The highest BCUT2D eigenvalue weighted by atomic mass is 35.5. The van der Waals surface area contributed by atoms with E-state index in [2.05, 4.69) is 5.32 Å². The number of carbonyl (C=O) groups excluding carboxylic acids is 1. The Morgan fingerprint density at radius 2 is 2.00 bits per heavy atom. The van der Waals surface area contributed by atoms with Gasteiger partial charge in [-0.25, -0.2) is 0 Å². The van der Waals surface area contributed by atoms with Gasteiger partial charge in [-0.3, -0.25) is 4.79 Å². The van der Waals surface area contributed by atoms with Gasteiger partial charge in [0.05, 0.1) is 0 Å². The summed E-state index contributed by atoms with van der Waals surface area (Å²) in [7, 11) is 0. The third-order valence-corrected chi connectivity index (χ3v) is 3.84. The number of aryl methyl sites for hydroxylation is 1. The Hall–Kier alpha value is -1.06. The SMILES string of the molecule is Cc1cccc(NC(=O)[C@H]2CC[C@H](CN)CC2)c1.Cl. The van der Waals surface area contributed by atoms with Crippen LogP contribution in [0.3, 0.4) is 0 Å². The monoisotopic (exact) mass is 282 g/mol. The molecule has 0 radical (unpaired) electrons. The summed E-state index contributed by atoms with van der Waals surface area (Å²) in [5.74, 6) is 0.942. The molecule has 0 bridgehead atoms. The zero-order valence-corrected chi connectivity index (χ0v) is 12.2. The van der Waals surface area contributed by atoms with E-state index in [4.69, 9.17) is 5.73 Å². The van der Waals surface area contributed by atoms with Crippen molar-refractivity contribution in [3.05, 3.63) is 29.8 Å². The molecule has 0 aliphatic heterocycles. The van der Waals surface area contributed by atoms with Crippen LogP contribution in [0.25, 0.3) is 0 Å². The van der Waals surface area contributed by atoms with E-state index in [9.17, 15) is 4.79 Å². The van der Waals surface area contributed by atoms with E-state index in [0.717, 1.165) is 37.9 Å². The number of hydrogen-bond acceptors (Lipinski definition) is 2. The molecule has 0 saturated heterocycles. The van der Waals surface area contributed by atoms with Crippen LogP contribution < -0.4 is 11.1 Å². The maximum Gasteiger partial charge on any atom is 0.227 e. The summed E-state index contributed by atoms with van der Waals surface area (Å²) in [4.78, 5) is 12.1. The third kappa shape index (κ3) is 4.51. The summed E-state index contributed by atoms with van der Waals surface area (Å²) in [6, 6.07) is 7.94. The smallest absolute Gasteiger partial charge is 0.227 e. The molecule has 3 N–H and O–H groups in total. The van der Waals surface area contributed by atoms with E-state index in [1.54, 1.807) is 0 Å². The number of anilines is 1. The highest BCUT2D eigenvalue weighted by Gasteiger charge is 2.25. The molecule has 1 aliphatic carbocycles. The van der Waals surface area contributed by atoms with Crippen LogP contribution in [0.15, 0.2) is 24.3 Å². The third-order valence-electron chi connectivity index (χ3n) is 3.84. The molecule has 0 atom stereocenters. The van der Waals surface area contributed by atoms with Crippen LogP contribution in [0.4, 0.5) is 5.69 Å². The molecule has 4 heteroatoms. The number of amides is 1. The Bertz CT molecular complexity index is 414. The second-order valence-corrected chi connectivity index (χ2v) is 5.31. The highest BCUT2D eigenvalue weighted by molar-refractivity contribution is 5.92. The number of benzene rings is 1. The maximum atomic E-state index is 12.1. The van der Waals surface area contributed by atoms with E-state index in [-0.39, 0.29) is 24.2 Å². The zero-order chi connectivity index (χ0) is 13.0. The first-order valence-electron chi connectivity index (χ1n) is 6.76. The molecule has 0 heterocycles. The minimum Gasteiger partial charge on any atom is -0.330 e. The van der Waals surface area contributed by atoms with Crippen molar-refractivity contribution in [1.82, 2.24) is 0 Å². The summed E-state index contributed by atoms with van der Waals surface area (Å²) in [5.41, 5.74) is 7.73. The molecule has 0 aromatic heterocycles. The van der Waals surface area contributed by atoms with Crippen molar-refractivity contribution < 1.29 is 4.79 Å². The number of nitrogens with two attached hydrogens (primary N) is 1. The molecule has 0 spiro atoms. The van der Waals surface area contributed by atoms with Crippen molar-refractivity contribution in [1.29, 1.82) is 0 Å². The van der Waals surface area contributed by atoms with Gasteiger partial charge in [-0.1, -0.05) is 12.1 Å². The van der Waals surface area contributed by atoms with Crippen LogP contribution in [0.1, 0.15) is 31.2 Å². The Morgan fingerprint density at radius 3 is 2.58 bits per heavy atom. The van der Waals surface area contributed by atoms with Crippen molar-refractivity contribution in [2.45, 2.75) is 32.6 Å². The van der Waals surface area contributed by atoms with E-state index in [1.807, 2.05) is 31.2 Å². The largest absolute Gasteiger partial charge is 0.330 e. The van der Waals surface area contributed by atoms with Gasteiger partial charge in [0.25, 0.3) is 0 Å². The molecule has 1 aromatic rings. The zero-order valence-electron chi connectivity index (χ0n) is 11.4. The molecular formula is C15H23ClN2O. The first-order valence-corrected chi connectivity index (χ1v) is 6.76. The Balaban J connectivity index is 0.00000180. The lowest BCUT2D eigenvalue weighted by Gasteiger charge is -2.26. The number of halogens is 1. The average Bonchev–Trinajstić information content (AvgIpc) is 2.39. The standard InChI is InChI=1S/C15H22N2O.ClH/c1-11-3-2-4-14(9-11)17-15(18)13-7-5-12(10-16)6-8-13;/h2-4,9,12-13H,5-8,10,16H2,1H3,(H,17,18);1H/t12-,13-;. The van der Waals surface area contributed by atoms with Gasteiger partial charge in [-0.05, 0) is 62.8 Å². The molecule has 2 rings (SSSR count). The molecule has 0 unspecified atom stereocenters. The minimum absolute atomic E-state index is 0. The Labute approximate surface area is 121 Å². The number of hydrogen-bond donors (Lipinski definition) is 2. The molecule has 19 heavy (non-hydrogen) atoms. The molecule has 3 nitrogen and oxygen atoms in total. The number of nitrogens with one attached hydrogen (secondary N) is 1. The summed E-state index contributed by atoms with van der Waals surface area (Å²) in [6.45, 7) is 2.79. The summed E-state index contributed by atoms with van der Waals surface area (Å²) in [5, 5.41) is 3.02. The highest BCUT2D eigenvalue weighted by Crippen LogP contribution is 2.29. The second kappa shape index (κ2) is 7.51. The average molecular weight is 283 g/mol. The van der Waals surface area contributed by atoms with Gasteiger partial charge in [0, 0.05) is 11.6 Å². The van der Waals surface area contributed by atoms with Crippen molar-refractivity contribution >= 4 is 24.0 Å². The maximum absolute atomic E-state index is 12.1. The van der Waals surface area contributed by atoms with Gasteiger partial charge >= 0.3 is 0 Å². The van der Waals surface area contributed by atoms with Crippen LogP contribution in [0.5, 0.6) is 0 Å². The van der Waals surface area contributed by atoms with Crippen LogP contribution in [-0.2, 0) is 4.79 Å². The first-order chi connectivity index (χ1) is 8.69. The van der Waals surface area contributed by atoms with Gasteiger partial charge in [0.2, 0.25) is 5.91 Å². The fraction of sp³-hybridized carbons (Fsp3) is 0.533. The second-order valence-electron chi connectivity index (χ2n) is 5.31. The Morgan fingerprint density at radius 1 is 1.32 bits per heavy atom. The molecular weight excluding hydrogens is 260 g/mol. The van der Waals surface area contributed by atoms with E-state index in [1.165, 1.54) is 5.56 Å². The van der Waals surface area contributed by atoms with E-state index >= 15 is 0 Å². The lowest BCUT2D eigenvalue weighted by atomic mass is 9.81. The molecule has 1 aromatic carbocycles. The van der Waals surface area contributed by atoms with Crippen LogP contribution >= 0.6 is 12.4 Å². The normalized spacial score (nSPS) is 22.4. The molecule has 1 saturated carbocycles. The minimum atomic E-state index is 0. The van der Waals surface area contributed by atoms with Gasteiger partial charge < -0.3 is 11.1 Å². The van der Waals surface area contributed by atoms with Crippen molar-refractivity contribution in [2.24, 2.45) is 17.6 Å². The number of rotatable bonds is 3. The van der Waals surface area contributed by atoms with Crippen LogP contribution in [0.2, 0.25) is 0 Å². The first kappa shape index (κ1) is 16.0. The lowest BCUT2D eigenvalue weighted by molar-refractivity contribution is -0.121. The van der Waals surface area contributed by atoms with Crippen molar-refractivity contribution in [3.63, 3.8) is 0 Å². The van der Waals surface area contributed by atoms with Crippen LogP contribution in [-0.4, -0.2) is 12.5 Å². The fourth-order valence-electron chi connectivity index (χ4n) is 2.63. The van der Waals surface area contributed by atoms with Gasteiger partial charge in [0.1, 0.15) is 0 Å². The summed E-state index contributed by atoms with van der Waals surface area (Å²) < 4.78 is 0. The molecule has 1 amide bonds. The van der Waals surface area contributed by atoms with E-state index in [0.29, 0.717) is 5.92 Å². The van der Waals surface area contributed by atoms with Gasteiger partial charge in [-0.15, -0.1) is 12.4 Å². The van der Waals surface area contributed by atoms with E-state index < -0.39 is 0 Å². The van der Waals surface area contributed by atoms with Gasteiger partial charge in [-0.2, -0.15) is 0 Å². The summed E-state index contributed by atoms with van der Waals surface area (Å²) in [6.07, 6.45) is 4.11. The predicted molar refractivity (Wildman–Crippen MR) is 81.6 cm³/mol. The molecule has 1 fully saturated rings.